The van der Waals surface area contributed by atoms with Crippen LogP contribution < -0.4 is 5.32 Å². The van der Waals surface area contributed by atoms with E-state index in [9.17, 15) is 9.59 Å². The van der Waals surface area contributed by atoms with E-state index in [0.29, 0.717) is 19.4 Å². The molecule has 0 aromatic carbocycles. The number of rotatable bonds is 8. The molecule has 0 aromatic rings. The number of hydrogen-bond donors (Lipinski definition) is 2. The molecule has 1 aliphatic carbocycles. The molecule has 0 aliphatic heterocycles. The first-order valence-corrected chi connectivity index (χ1v) is 5.64. The van der Waals surface area contributed by atoms with Crippen molar-refractivity contribution in [3.8, 4) is 0 Å². The van der Waals surface area contributed by atoms with Gasteiger partial charge in [0.25, 0.3) is 0 Å². The fraction of sp³-hybridized carbons (Fsp3) is 0.818. The number of unbranched alkanes of at least 4 members (excludes halogenated alkanes) is 2. The second-order valence-electron chi connectivity index (χ2n) is 4.20. The summed E-state index contributed by atoms with van der Waals surface area (Å²) >= 11 is 0. The van der Waals surface area contributed by atoms with Gasteiger partial charge in [-0.3, -0.25) is 9.59 Å². The minimum atomic E-state index is -1.10. The summed E-state index contributed by atoms with van der Waals surface area (Å²) in [4.78, 5) is 22.4. The van der Waals surface area contributed by atoms with Crippen molar-refractivity contribution in [2.24, 2.45) is 5.41 Å². The Balaban J connectivity index is 2.10. The van der Waals surface area contributed by atoms with E-state index < -0.39 is 11.4 Å². The predicted octanol–water partition coefficient (Wildman–Crippen LogP) is 0.784. The van der Waals surface area contributed by atoms with E-state index in [2.05, 4.69) is 5.32 Å². The number of carboxylic acids is 1. The van der Waals surface area contributed by atoms with Crippen molar-refractivity contribution in [2.75, 3.05) is 20.3 Å². The van der Waals surface area contributed by atoms with E-state index in [0.717, 1.165) is 25.9 Å². The molecule has 2 N–H and O–H groups in total. The van der Waals surface area contributed by atoms with Crippen LogP contribution in [-0.4, -0.2) is 37.2 Å². The minimum absolute atomic E-state index is 0.327. The highest BCUT2D eigenvalue weighted by Gasteiger charge is 2.56. The molecule has 1 fully saturated rings. The van der Waals surface area contributed by atoms with Crippen LogP contribution in [0.1, 0.15) is 32.1 Å². The Hall–Kier alpha value is -1.10. The van der Waals surface area contributed by atoms with Gasteiger partial charge in [0.1, 0.15) is 5.41 Å². The lowest BCUT2D eigenvalue weighted by Gasteiger charge is -2.10. The molecule has 1 aliphatic rings. The summed E-state index contributed by atoms with van der Waals surface area (Å²) in [6.07, 6.45) is 3.76. The third-order valence-electron chi connectivity index (χ3n) is 2.90. The van der Waals surface area contributed by atoms with E-state index in [1.165, 1.54) is 0 Å². The lowest BCUT2D eigenvalue weighted by molar-refractivity contribution is -0.149. The van der Waals surface area contributed by atoms with Crippen molar-refractivity contribution in [3.05, 3.63) is 0 Å². The molecule has 0 heterocycles. The zero-order valence-corrected chi connectivity index (χ0v) is 9.62. The third kappa shape index (κ3) is 3.20. The Morgan fingerprint density at radius 1 is 1.31 bits per heavy atom. The highest BCUT2D eigenvalue weighted by Crippen LogP contribution is 2.45. The Labute approximate surface area is 95.2 Å². The highest BCUT2D eigenvalue weighted by molar-refractivity contribution is 6.04. The topological polar surface area (TPSA) is 75.6 Å². The maximum atomic E-state index is 11.5. The average Bonchev–Trinajstić information content (AvgIpc) is 3.03. The first kappa shape index (κ1) is 13.0. The van der Waals surface area contributed by atoms with Crippen LogP contribution >= 0.6 is 0 Å². The lowest BCUT2D eigenvalue weighted by atomic mass is 10.1. The van der Waals surface area contributed by atoms with Gasteiger partial charge in [0.2, 0.25) is 5.91 Å². The van der Waals surface area contributed by atoms with Gasteiger partial charge in [-0.25, -0.2) is 0 Å². The smallest absolute Gasteiger partial charge is 0.319 e. The van der Waals surface area contributed by atoms with Crippen LogP contribution in [0.2, 0.25) is 0 Å². The van der Waals surface area contributed by atoms with Gasteiger partial charge in [-0.15, -0.1) is 0 Å². The molecule has 1 saturated carbocycles. The van der Waals surface area contributed by atoms with Crippen LogP contribution in [-0.2, 0) is 14.3 Å². The maximum Gasteiger partial charge on any atom is 0.319 e. The summed E-state index contributed by atoms with van der Waals surface area (Å²) in [5.41, 5.74) is -1.10. The van der Waals surface area contributed by atoms with Gasteiger partial charge in [0, 0.05) is 20.3 Å². The van der Waals surface area contributed by atoms with Crippen LogP contribution in [0.15, 0.2) is 0 Å². The molecule has 92 valence electrons. The van der Waals surface area contributed by atoms with Gasteiger partial charge < -0.3 is 15.2 Å². The van der Waals surface area contributed by atoms with Gasteiger partial charge in [-0.05, 0) is 32.1 Å². The molecule has 0 saturated heterocycles. The van der Waals surface area contributed by atoms with Crippen molar-refractivity contribution >= 4 is 11.9 Å². The monoisotopic (exact) mass is 229 g/mol. The van der Waals surface area contributed by atoms with E-state index in [4.69, 9.17) is 9.84 Å². The van der Waals surface area contributed by atoms with Gasteiger partial charge in [-0.1, -0.05) is 0 Å². The predicted molar refractivity (Wildman–Crippen MR) is 58.0 cm³/mol. The molecule has 0 radical (unpaired) electrons. The molecule has 0 spiro atoms. The second-order valence-corrected chi connectivity index (χ2v) is 4.20. The molecule has 0 unspecified atom stereocenters. The molecular formula is C11H19NO4. The fourth-order valence-electron chi connectivity index (χ4n) is 1.58. The number of carboxylic acid groups (broad SMARTS) is 1. The van der Waals surface area contributed by atoms with Crippen LogP contribution in [0, 0.1) is 5.41 Å². The van der Waals surface area contributed by atoms with E-state index in [1.807, 2.05) is 0 Å². The van der Waals surface area contributed by atoms with Crippen molar-refractivity contribution in [2.45, 2.75) is 32.1 Å². The normalized spacial score (nSPS) is 16.8. The van der Waals surface area contributed by atoms with Crippen LogP contribution in [0.5, 0.6) is 0 Å². The summed E-state index contributed by atoms with van der Waals surface area (Å²) in [6.45, 7) is 1.28. The minimum Gasteiger partial charge on any atom is -0.480 e. The van der Waals surface area contributed by atoms with E-state index in [-0.39, 0.29) is 5.91 Å². The van der Waals surface area contributed by atoms with E-state index in [1.54, 1.807) is 7.11 Å². The van der Waals surface area contributed by atoms with Crippen molar-refractivity contribution < 1.29 is 19.4 Å². The number of aliphatic carboxylic acids is 1. The van der Waals surface area contributed by atoms with Crippen molar-refractivity contribution in [3.63, 3.8) is 0 Å². The molecule has 1 rings (SSSR count). The Morgan fingerprint density at radius 2 is 2.00 bits per heavy atom. The largest absolute Gasteiger partial charge is 0.480 e. The van der Waals surface area contributed by atoms with Crippen LogP contribution in [0.4, 0.5) is 0 Å². The molecule has 1 amide bonds. The number of ether oxygens (including phenoxy) is 1. The molecule has 16 heavy (non-hydrogen) atoms. The van der Waals surface area contributed by atoms with Gasteiger partial charge >= 0.3 is 5.97 Å². The van der Waals surface area contributed by atoms with Crippen LogP contribution in [0.3, 0.4) is 0 Å². The number of carbonyl (C=O) groups excluding carboxylic acids is 1. The number of hydrogen-bond acceptors (Lipinski definition) is 3. The molecule has 0 atom stereocenters. The molecule has 0 bridgehead atoms. The molecule has 5 heteroatoms. The number of carbonyl (C=O) groups is 2. The fourth-order valence-corrected chi connectivity index (χ4v) is 1.58. The van der Waals surface area contributed by atoms with E-state index >= 15 is 0 Å². The molecule has 5 nitrogen and oxygen atoms in total. The number of nitrogens with one attached hydrogen (secondary N) is 1. The Morgan fingerprint density at radius 3 is 2.50 bits per heavy atom. The molecular weight excluding hydrogens is 210 g/mol. The number of methoxy groups -OCH3 is 1. The summed E-state index contributed by atoms with van der Waals surface area (Å²) < 4.78 is 4.90. The third-order valence-corrected chi connectivity index (χ3v) is 2.90. The standard InChI is InChI=1S/C11H19NO4/c1-16-8-4-2-3-7-12-9(13)11(5-6-11)10(14)15/h2-8H2,1H3,(H,12,13)(H,14,15). The maximum absolute atomic E-state index is 11.5. The Kier molecular flexibility index (Phi) is 4.73. The summed E-state index contributed by atoms with van der Waals surface area (Å²) in [6, 6.07) is 0. The quantitative estimate of drug-likeness (QED) is 0.476. The van der Waals surface area contributed by atoms with Crippen molar-refractivity contribution in [1.82, 2.24) is 5.32 Å². The zero-order valence-electron chi connectivity index (χ0n) is 9.62. The van der Waals surface area contributed by atoms with Crippen molar-refractivity contribution in [1.29, 1.82) is 0 Å². The second kappa shape index (κ2) is 5.84. The summed E-state index contributed by atoms with van der Waals surface area (Å²) in [5, 5.41) is 11.6. The Bertz CT molecular complexity index is 261. The number of amides is 1. The lowest BCUT2D eigenvalue weighted by Crippen LogP contribution is -2.37. The van der Waals surface area contributed by atoms with Crippen LogP contribution in [0.25, 0.3) is 0 Å². The first-order valence-electron chi connectivity index (χ1n) is 5.64. The summed E-state index contributed by atoms with van der Waals surface area (Å²) in [5.74, 6) is -1.32. The average molecular weight is 229 g/mol. The zero-order chi connectivity index (χ0) is 12.0. The van der Waals surface area contributed by atoms with Gasteiger partial charge in [-0.2, -0.15) is 0 Å². The molecule has 0 aromatic heterocycles. The summed E-state index contributed by atoms with van der Waals surface area (Å²) in [7, 11) is 1.66. The van der Waals surface area contributed by atoms with Gasteiger partial charge in [0.15, 0.2) is 0 Å². The highest BCUT2D eigenvalue weighted by atomic mass is 16.5. The van der Waals surface area contributed by atoms with Gasteiger partial charge in [0.05, 0.1) is 0 Å². The SMILES string of the molecule is COCCCCCNC(=O)C1(C(=O)O)CC1. The first-order chi connectivity index (χ1) is 7.63.